The summed E-state index contributed by atoms with van der Waals surface area (Å²) in [5, 5.41) is 5.74. The largest absolute Gasteiger partial charge is 0.460 e. The second-order valence-electron chi connectivity index (χ2n) is 19.3. The first kappa shape index (κ1) is 47.8. The van der Waals surface area contributed by atoms with Gasteiger partial charge in [0, 0.05) is 24.5 Å². The molecule has 15 heteroatoms. The number of hydrogen-bond donors (Lipinski definition) is 2. The molecule has 2 fully saturated rings. The van der Waals surface area contributed by atoms with Gasteiger partial charge < -0.3 is 48.9 Å². The van der Waals surface area contributed by atoms with Crippen LogP contribution in [0.5, 0.6) is 0 Å². The van der Waals surface area contributed by atoms with Crippen LogP contribution in [0.4, 0.5) is 25.8 Å². The Morgan fingerprint density at radius 3 is 1.27 bits per heavy atom. The van der Waals surface area contributed by atoms with E-state index in [0.29, 0.717) is 24.5 Å². The number of nitrogens with zero attached hydrogens (tertiary/aromatic N) is 2. The zero-order valence-electron chi connectivity index (χ0n) is 37.5. The summed E-state index contributed by atoms with van der Waals surface area (Å²) in [6, 6.07) is 13.8. The average molecular weight is 839 g/mol. The molecular weight excluding hydrogens is 773 g/mol. The van der Waals surface area contributed by atoms with Crippen molar-refractivity contribution in [2.24, 2.45) is 11.8 Å². The highest BCUT2D eigenvalue weighted by atomic mass is 16.6. The Balaban J connectivity index is 1.46. The second-order valence-corrected chi connectivity index (χ2v) is 19.3. The van der Waals surface area contributed by atoms with Gasteiger partial charge in [0.25, 0.3) is 0 Å². The summed E-state index contributed by atoms with van der Waals surface area (Å²) in [5.74, 6) is -2.44. The SMILES string of the molecule is CC(C)(C)OC(=O)C(Cc1cccc(NC(=O)Nc2cccc(CC(C(=O)OC(C)(C)C)C3CN(C(=O)OC(C)(C)C)CCO3)c2)c1)C1CN(C(=O)OC(C)(C)C)CCO1. The number of benzene rings is 2. The fourth-order valence-electron chi connectivity index (χ4n) is 6.66. The van der Waals surface area contributed by atoms with Gasteiger partial charge in [0.2, 0.25) is 0 Å². The molecule has 0 aromatic heterocycles. The molecule has 2 aromatic carbocycles. The van der Waals surface area contributed by atoms with Crippen LogP contribution in [0, 0.1) is 11.8 Å². The lowest BCUT2D eigenvalue weighted by Gasteiger charge is -2.37. The Labute approximate surface area is 355 Å². The number of rotatable bonds is 10. The summed E-state index contributed by atoms with van der Waals surface area (Å²) >= 11 is 0. The lowest BCUT2D eigenvalue weighted by Crippen LogP contribution is -2.52. The van der Waals surface area contributed by atoms with Gasteiger partial charge in [-0.25, -0.2) is 14.4 Å². The Hall–Kier alpha value is -4.89. The van der Waals surface area contributed by atoms with Gasteiger partial charge in [-0.15, -0.1) is 0 Å². The predicted molar refractivity (Wildman–Crippen MR) is 227 cm³/mol. The van der Waals surface area contributed by atoms with E-state index in [1.807, 2.05) is 12.1 Å². The third-order valence-electron chi connectivity index (χ3n) is 9.09. The lowest BCUT2D eigenvalue weighted by molar-refractivity contribution is -0.169. The maximum atomic E-state index is 13.6. The summed E-state index contributed by atoms with van der Waals surface area (Å²) in [4.78, 5) is 69.6. The molecule has 2 saturated heterocycles. The zero-order chi connectivity index (χ0) is 44.6. The minimum Gasteiger partial charge on any atom is -0.460 e. The predicted octanol–water partition coefficient (Wildman–Crippen LogP) is 7.60. The molecule has 0 bridgehead atoms. The van der Waals surface area contributed by atoms with Crippen molar-refractivity contribution in [3.63, 3.8) is 0 Å². The zero-order valence-corrected chi connectivity index (χ0v) is 37.5. The molecule has 0 saturated carbocycles. The first-order chi connectivity index (χ1) is 27.7. The van der Waals surface area contributed by atoms with Gasteiger partial charge in [-0.05, 0) is 131 Å². The van der Waals surface area contributed by atoms with Crippen molar-refractivity contribution in [1.29, 1.82) is 0 Å². The highest BCUT2D eigenvalue weighted by molar-refractivity contribution is 5.99. The third-order valence-corrected chi connectivity index (χ3v) is 9.09. The van der Waals surface area contributed by atoms with E-state index in [2.05, 4.69) is 10.6 Å². The van der Waals surface area contributed by atoms with Crippen molar-refractivity contribution in [1.82, 2.24) is 9.80 Å². The van der Waals surface area contributed by atoms with E-state index in [9.17, 15) is 24.0 Å². The van der Waals surface area contributed by atoms with Crippen LogP contribution < -0.4 is 10.6 Å². The van der Waals surface area contributed by atoms with Gasteiger partial charge in [0.15, 0.2) is 0 Å². The van der Waals surface area contributed by atoms with Crippen LogP contribution >= 0.6 is 0 Å². The molecule has 0 radical (unpaired) electrons. The standard InChI is InChI=1S/C45H66N4O11/c1-42(2,3)57-37(50)33(35-27-48(19-21-55-35)40(53)59-44(7,8)9)25-29-15-13-17-31(23-29)46-39(52)47-32-18-14-16-30(24-32)26-34(38(51)58-43(4,5)6)36-28-49(20-22-56-36)41(54)60-45(10,11)12/h13-18,23-24,33-36H,19-22,25-28H2,1-12H3,(H2,46,47,52). The van der Waals surface area contributed by atoms with E-state index in [-0.39, 0.29) is 39.1 Å². The van der Waals surface area contributed by atoms with Crippen molar-refractivity contribution in [3.8, 4) is 0 Å². The fourth-order valence-corrected chi connectivity index (χ4v) is 6.66. The molecule has 15 nitrogen and oxygen atoms in total. The number of nitrogens with one attached hydrogen (secondary N) is 2. The summed E-state index contributed by atoms with van der Waals surface area (Å²) in [5.41, 5.74) is -0.410. The van der Waals surface area contributed by atoms with Gasteiger partial charge in [-0.2, -0.15) is 0 Å². The Bertz CT molecular complexity index is 1690. The lowest BCUT2D eigenvalue weighted by atomic mass is 9.92. The van der Waals surface area contributed by atoms with Crippen molar-refractivity contribution < 1.29 is 52.4 Å². The summed E-state index contributed by atoms with van der Waals surface area (Å²) in [7, 11) is 0. The van der Waals surface area contributed by atoms with Crippen molar-refractivity contribution >= 4 is 41.5 Å². The molecule has 60 heavy (non-hydrogen) atoms. The Morgan fingerprint density at radius 2 is 0.933 bits per heavy atom. The maximum Gasteiger partial charge on any atom is 0.410 e. The highest BCUT2D eigenvalue weighted by Gasteiger charge is 2.40. The van der Waals surface area contributed by atoms with Gasteiger partial charge in [0.1, 0.15) is 22.4 Å². The topological polar surface area (TPSA) is 171 Å². The molecule has 4 atom stereocenters. The van der Waals surface area contributed by atoms with Gasteiger partial charge >= 0.3 is 30.2 Å². The van der Waals surface area contributed by atoms with Crippen LogP contribution in [-0.2, 0) is 50.9 Å². The van der Waals surface area contributed by atoms with Crippen LogP contribution in [0.2, 0.25) is 0 Å². The molecule has 332 valence electrons. The first-order valence-corrected chi connectivity index (χ1v) is 20.6. The molecule has 2 aliphatic rings. The van der Waals surface area contributed by atoms with Crippen molar-refractivity contribution in [2.75, 3.05) is 50.0 Å². The second kappa shape index (κ2) is 19.7. The molecule has 2 N–H and O–H groups in total. The first-order valence-electron chi connectivity index (χ1n) is 20.6. The Morgan fingerprint density at radius 1 is 0.583 bits per heavy atom. The number of morpholine rings is 2. The molecular formula is C45H66N4O11. The normalized spacial score (nSPS) is 18.7. The summed E-state index contributed by atoms with van der Waals surface area (Å²) in [6.07, 6.45) is -1.82. The van der Waals surface area contributed by atoms with Gasteiger partial charge in [-0.1, -0.05) is 24.3 Å². The minimum atomic E-state index is -0.759. The fraction of sp³-hybridized carbons (Fsp3) is 0.622. The van der Waals surface area contributed by atoms with Crippen LogP contribution in [0.25, 0.3) is 0 Å². The molecule has 0 spiro atoms. The maximum absolute atomic E-state index is 13.6. The molecule has 4 amide bonds. The van der Waals surface area contributed by atoms with Crippen molar-refractivity contribution in [3.05, 3.63) is 59.7 Å². The third kappa shape index (κ3) is 15.9. The molecule has 2 aromatic rings. The number of carbonyl (C=O) groups is 5. The van der Waals surface area contributed by atoms with E-state index in [0.717, 1.165) is 11.1 Å². The van der Waals surface area contributed by atoms with E-state index in [1.54, 1.807) is 129 Å². The van der Waals surface area contributed by atoms with E-state index < -0.39 is 76.6 Å². The monoisotopic (exact) mass is 838 g/mol. The van der Waals surface area contributed by atoms with Crippen LogP contribution in [-0.4, -0.2) is 114 Å². The number of ether oxygens (including phenoxy) is 6. The number of carbonyl (C=O) groups excluding carboxylic acids is 5. The number of urea groups is 1. The van der Waals surface area contributed by atoms with Crippen LogP contribution in [0.3, 0.4) is 0 Å². The van der Waals surface area contributed by atoms with E-state index in [4.69, 9.17) is 28.4 Å². The highest BCUT2D eigenvalue weighted by Crippen LogP contribution is 2.28. The van der Waals surface area contributed by atoms with Crippen LogP contribution in [0.15, 0.2) is 48.5 Å². The number of amides is 4. The van der Waals surface area contributed by atoms with Gasteiger partial charge in [-0.3, -0.25) is 9.59 Å². The van der Waals surface area contributed by atoms with Gasteiger partial charge in [0.05, 0.1) is 50.3 Å². The van der Waals surface area contributed by atoms with E-state index in [1.165, 1.54) is 0 Å². The number of hydrogen-bond acceptors (Lipinski definition) is 11. The molecule has 2 aliphatic heterocycles. The summed E-state index contributed by atoms with van der Waals surface area (Å²) < 4.78 is 34.9. The average Bonchev–Trinajstić information content (AvgIpc) is 3.10. The number of esters is 2. The minimum absolute atomic E-state index is 0.148. The Kier molecular flexibility index (Phi) is 15.7. The molecule has 2 heterocycles. The quantitative estimate of drug-likeness (QED) is 0.178. The molecule has 0 aliphatic carbocycles. The van der Waals surface area contributed by atoms with E-state index >= 15 is 0 Å². The van der Waals surface area contributed by atoms with Crippen LogP contribution in [0.1, 0.15) is 94.2 Å². The summed E-state index contributed by atoms with van der Waals surface area (Å²) in [6.45, 7) is 23.0. The molecule has 4 unspecified atom stereocenters. The molecule has 4 rings (SSSR count). The number of anilines is 2. The smallest absolute Gasteiger partial charge is 0.410 e. The van der Waals surface area contributed by atoms with Crippen molar-refractivity contribution in [2.45, 2.75) is 131 Å².